The molecule has 3 unspecified atom stereocenters. The molecule has 0 radical (unpaired) electrons. The van der Waals surface area contributed by atoms with Gasteiger partial charge in [0.25, 0.3) is 0 Å². The fourth-order valence-corrected chi connectivity index (χ4v) is 5.67. The van der Waals surface area contributed by atoms with Crippen LogP contribution in [0.4, 0.5) is 0 Å². The Morgan fingerprint density at radius 1 is 1.30 bits per heavy atom. The number of hydrogen-bond donors (Lipinski definition) is 3. The smallest absolute Gasteiger partial charge is 0.331 e. The summed E-state index contributed by atoms with van der Waals surface area (Å²) in [6.07, 6.45) is 8.32. The lowest BCUT2D eigenvalue weighted by Crippen LogP contribution is -2.60. The van der Waals surface area contributed by atoms with E-state index in [1.54, 1.807) is 6.92 Å². The van der Waals surface area contributed by atoms with Crippen molar-refractivity contribution in [3.05, 3.63) is 59.8 Å². The third-order valence-corrected chi connectivity index (χ3v) is 8.17. The van der Waals surface area contributed by atoms with Crippen LogP contribution >= 0.6 is 0 Å². The van der Waals surface area contributed by atoms with E-state index in [4.69, 9.17) is 19.3 Å². The fraction of sp³-hybridized carbons (Fsp3) is 0.586. The summed E-state index contributed by atoms with van der Waals surface area (Å²) in [7, 11) is 0. The Balaban J connectivity index is 1.84. The normalized spacial score (nSPS) is 33.3. The first-order valence-corrected chi connectivity index (χ1v) is 12.8. The van der Waals surface area contributed by atoms with Crippen molar-refractivity contribution in [2.75, 3.05) is 13.2 Å². The zero-order chi connectivity index (χ0) is 27.4. The fourth-order valence-electron chi connectivity index (χ4n) is 5.67. The molecular weight excluding hydrogens is 476 g/mol. The van der Waals surface area contributed by atoms with Gasteiger partial charge < -0.3 is 29.5 Å². The summed E-state index contributed by atoms with van der Waals surface area (Å²) in [6.45, 7) is 11.7. The van der Waals surface area contributed by atoms with E-state index in [0.29, 0.717) is 19.3 Å². The highest BCUT2D eigenvalue weighted by Crippen LogP contribution is 2.65. The van der Waals surface area contributed by atoms with Crippen LogP contribution in [0.5, 0.6) is 0 Å². The Morgan fingerprint density at radius 2 is 2.03 bits per heavy atom. The van der Waals surface area contributed by atoms with E-state index >= 15 is 0 Å². The second-order valence-electron chi connectivity index (χ2n) is 10.7. The molecule has 8 nitrogen and oxygen atoms in total. The molecule has 204 valence electrons. The van der Waals surface area contributed by atoms with E-state index in [-0.39, 0.29) is 25.4 Å². The molecule has 3 N–H and O–H groups in total. The highest BCUT2D eigenvalue weighted by Gasteiger charge is 2.68. The largest absolute Gasteiger partial charge is 0.462 e. The van der Waals surface area contributed by atoms with Crippen LogP contribution in [0.1, 0.15) is 53.4 Å². The Morgan fingerprint density at radius 3 is 2.70 bits per heavy atom. The number of aliphatic hydroxyl groups is 3. The van der Waals surface area contributed by atoms with Crippen LogP contribution in [0.15, 0.2) is 59.8 Å². The minimum absolute atomic E-state index is 0.0444. The van der Waals surface area contributed by atoms with Crippen molar-refractivity contribution < 1.29 is 39.1 Å². The lowest BCUT2D eigenvalue weighted by molar-refractivity contribution is -0.181. The number of rotatable bonds is 10. The Labute approximate surface area is 219 Å². The summed E-state index contributed by atoms with van der Waals surface area (Å²) in [6, 6.07) is 0. The molecule has 0 aromatic carbocycles. The number of esters is 2. The van der Waals surface area contributed by atoms with Crippen LogP contribution in [0, 0.1) is 10.8 Å². The summed E-state index contributed by atoms with van der Waals surface area (Å²) in [5.74, 6) is -1.03. The Hall–Kier alpha value is -2.52. The number of allylic oxidation sites excluding steroid dienone is 3. The van der Waals surface area contributed by atoms with Crippen LogP contribution < -0.4 is 0 Å². The summed E-state index contributed by atoms with van der Waals surface area (Å²) in [5, 5.41) is 28.1. The van der Waals surface area contributed by atoms with E-state index in [1.165, 1.54) is 42.9 Å². The highest BCUT2D eigenvalue weighted by atomic mass is 16.6. The van der Waals surface area contributed by atoms with Crippen molar-refractivity contribution in [1.29, 1.82) is 0 Å². The first-order chi connectivity index (χ1) is 17.4. The van der Waals surface area contributed by atoms with Gasteiger partial charge in [-0.25, -0.2) is 9.59 Å². The second kappa shape index (κ2) is 11.9. The van der Waals surface area contributed by atoms with Crippen LogP contribution in [0.2, 0.25) is 0 Å². The highest BCUT2D eigenvalue weighted by molar-refractivity contribution is 5.83. The summed E-state index contributed by atoms with van der Waals surface area (Å²) in [4.78, 5) is 25.3. The number of fused-ring (bicyclic) bond motifs is 4. The first-order valence-electron chi connectivity index (χ1n) is 12.8. The molecule has 1 aliphatic heterocycles. The molecule has 7 atom stereocenters. The predicted octanol–water partition coefficient (Wildman–Crippen LogP) is 3.08. The van der Waals surface area contributed by atoms with E-state index in [1.807, 2.05) is 6.92 Å². The monoisotopic (exact) mass is 516 g/mol. The molecule has 3 rings (SSSR count). The zero-order valence-corrected chi connectivity index (χ0v) is 22.2. The number of ether oxygens (including phenoxy) is 3. The average molecular weight is 517 g/mol. The molecule has 0 aromatic rings. The molecule has 1 heterocycles. The van der Waals surface area contributed by atoms with Gasteiger partial charge >= 0.3 is 11.9 Å². The van der Waals surface area contributed by atoms with Crippen molar-refractivity contribution in [2.45, 2.75) is 83.9 Å². The Kier molecular flexibility index (Phi) is 9.34. The van der Waals surface area contributed by atoms with Gasteiger partial charge in [-0.15, -0.1) is 0 Å². The molecule has 1 saturated carbocycles. The lowest BCUT2D eigenvalue weighted by Gasteiger charge is -2.56. The minimum atomic E-state index is -1.03. The van der Waals surface area contributed by atoms with E-state index < -0.39 is 41.1 Å². The maximum absolute atomic E-state index is 12.7. The number of carbonyl (C=O) groups excluding carboxylic acids is 2. The molecule has 0 amide bonds. The van der Waals surface area contributed by atoms with Gasteiger partial charge in [0.1, 0.15) is 12.7 Å². The van der Waals surface area contributed by atoms with Gasteiger partial charge in [-0.2, -0.15) is 0 Å². The number of aliphatic hydroxyl groups excluding tert-OH is 3. The third kappa shape index (κ3) is 5.98. The topological polar surface area (TPSA) is 123 Å². The maximum Gasteiger partial charge on any atom is 0.331 e. The minimum Gasteiger partial charge on any atom is -0.462 e. The molecule has 1 saturated heterocycles. The standard InChI is InChI=1S/C29H40O8/c1-18-10-12-29(17-35-27(34)15-19(2)11-13-30)25(14-18)36-23-16-24(28(29,5)20(23)3)37-26(33)9-7-6-8-22(32)21(4)31/h6-9,14-15,21-25,30-32H,3,10-13,16-17H2,1-2,4-5H3/b8-6+,9-7-,19-15+/t21-,22-,23?,24+,25?,28+,29?/m0/s1. The van der Waals surface area contributed by atoms with Crippen molar-refractivity contribution in [3.63, 3.8) is 0 Å². The third-order valence-electron chi connectivity index (χ3n) is 8.17. The van der Waals surface area contributed by atoms with Gasteiger partial charge in [-0.3, -0.25) is 0 Å². The molecule has 2 fully saturated rings. The van der Waals surface area contributed by atoms with Crippen LogP contribution in [-0.2, 0) is 23.8 Å². The summed E-state index contributed by atoms with van der Waals surface area (Å²) in [5.41, 5.74) is 1.40. The zero-order valence-electron chi connectivity index (χ0n) is 22.2. The second-order valence-corrected chi connectivity index (χ2v) is 10.7. The molecule has 37 heavy (non-hydrogen) atoms. The summed E-state index contributed by atoms with van der Waals surface area (Å²) >= 11 is 0. The van der Waals surface area contributed by atoms with Crippen molar-refractivity contribution in [1.82, 2.24) is 0 Å². The number of hydrogen-bond acceptors (Lipinski definition) is 8. The molecule has 2 aliphatic carbocycles. The summed E-state index contributed by atoms with van der Waals surface area (Å²) < 4.78 is 18.2. The molecule has 0 spiro atoms. The van der Waals surface area contributed by atoms with Crippen LogP contribution in [-0.4, -0.2) is 71.0 Å². The van der Waals surface area contributed by atoms with Crippen molar-refractivity contribution in [2.24, 2.45) is 10.8 Å². The van der Waals surface area contributed by atoms with Gasteiger partial charge in [0.2, 0.25) is 0 Å². The predicted molar refractivity (Wildman–Crippen MR) is 138 cm³/mol. The van der Waals surface area contributed by atoms with Gasteiger partial charge in [0.15, 0.2) is 0 Å². The van der Waals surface area contributed by atoms with Crippen molar-refractivity contribution >= 4 is 11.9 Å². The molecule has 3 aliphatic rings. The van der Waals surface area contributed by atoms with Crippen LogP contribution in [0.3, 0.4) is 0 Å². The molecule has 2 bridgehead atoms. The molecular formula is C29H40O8. The van der Waals surface area contributed by atoms with Gasteiger partial charge in [0, 0.05) is 36.0 Å². The lowest BCUT2D eigenvalue weighted by atomic mass is 9.53. The van der Waals surface area contributed by atoms with Gasteiger partial charge in [0.05, 0.1) is 24.4 Å². The van der Waals surface area contributed by atoms with E-state index in [2.05, 4.69) is 19.6 Å². The quantitative estimate of drug-likeness (QED) is 0.175. The molecule has 8 heteroatoms. The van der Waals surface area contributed by atoms with Gasteiger partial charge in [-0.1, -0.05) is 49.0 Å². The Bertz CT molecular complexity index is 1010. The van der Waals surface area contributed by atoms with E-state index in [0.717, 1.165) is 17.6 Å². The molecule has 0 aromatic heterocycles. The average Bonchev–Trinajstić information content (AvgIpc) is 3.00. The SMILES string of the molecule is C=C1C2C[C@@H](OC(=O)/C=C\C=C\[C@H](O)[C@H](C)O)[C@]1(C)C1(COC(=O)/C=C(\C)CCO)CCC(C)=CC1O2. The number of carbonyl (C=O) groups is 2. The van der Waals surface area contributed by atoms with Crippen molar-refractivity contribution in [3.8, 4) is 0 Å². The maximum atomic E-state index is 12.7. The van der Waals surface area contributed by atoms with Crippen LogP contribution in [0.25, 0.3) is 0 Å². The van der Waals surface area contributed by atoms with E-state index in [9.17, 15) is 19.8 Å². The van der Waals surface area contributed by atoms with Gasteiger partial charge in [-0.05, 0) is 45.6 Å². The first kappa shape index (κ1) is 29.0.